The molecular formula is C60H97N17O11S2. The van der Waals surface area contributed by atoms with Gasteiger partial charge in [-0.25, -0.2) is 31.1 Å². The molecule has 2 saturated heterocycles. The van der Waals surface area contributed by atoms with E-state index in [1.807, 2.05) is 0 Å². The van der Waals surface area contributed by atoms with Crippen LogP contribution < -0.4 is 77.4 Å². The summed E-state index contributed by atoms with van der Waals surface area (Å²) >= 11 is 0. The van der Waals surface area contributed by atoms with E-state index in [9.17, 15) is 21.6 Å². The highest BCUT2D eigenvalue weighted by Gasteiger charge is 2.18. The van der Waals surface area contributed by atoms with Crippen molar-refractivity contribution in [1.82, 2.24) is 57.3 Å². The quantitative estimate of drug-likeness (QED) is 0.0443. The SMILES string of the molecule is COc1cc(N=Nc2cccc(S(=O)(=O)NCCCC3CNCCOCCNCCCNCCOCCNC3)c2)ccc1NC(=O)Nc1ccc(N=Nc2cccc(S(=O)(=O)NCCNC3CNCCOCCNCCCNCCOCCNC3)c2)cc1OC. The molecule has 2 fully saturated rings. The molecule has 500 valence electrons. The van der Waals surface area contributed by atoms with Crippen molar-refractivity contribution in [3.05, 3.63) is 84.9 Å². The predicted molar refractivity (Wildman–Crippen MR) is 350 cm³/mol. The Bertz CT molecular complexity index is 2720. The second kappa shape index (κ2) is 43.9. The molecule has 0 aliphatic carbocycles. The maximum atomic E-state index is 13.4. The first kappa shape index (κ1) is 73.3. The number of rotatable bonds is 20. The van der Waals surface area contributed by atoms with Crippen LogP contribution in [0.15, 0.2) is 115 Å². The maximum absolute atomic E-state index is 13.4. The number of hydrogen-bond donors (Lipinski definition) is 13. The molecule has 0 atom stereocenters. The van der Waals surface area contributed by atoms with Crippen LogP contribution in [0.5, 0.6) is 11.5 Å². The van der Waals surface area contributed by atoms with Gasteiger partial charge in [0.05, 0.1) is 111 Å². The summed E-state index contributed by atoms with van der Waals surface area (Å²) < 4.78 is 93.3. The number of benzene rings is 4. The molecule has 2 amide bonds. The summed E-state index contributed by atoms with van der Waals surface area (Å²) in [5, 5.41) is 53.7. The number of methoxy groups -OCH3 is 2. The fourth-order valence-electron chi connectivity index (χ4n) is 9.25. The van der Waals surface area contributed by atoms with Crippen molar-refractivity contribution in [3.8, 4) is 11.5 Å². The number of anilines is 2. The van der Waals surface area contributed by atoms with Gasteiger partial charge < -0.3 is 86.9 Å². The fraction of sp³-hybridized carbons (Fsp3) is 0.583. The van der Waals surface area contributed by atoms with Crippen LogP contribution in [0.1, 0.15) is 25.7 Å². The smallest absolute Gasteiger partial charge is 0.323 e. The standard InChI is InChI=1S/C60H97N17O11S2/c1-83-58-42-51(76-74-49-9-3-11-54(40-49)89(79,80)70-21-5-8-48-44-65-28-36-85-32-24-61-17-6-18-62-25-33-86-37-29-66-45-48)13-15-56(58)72-60(78)73-57-16-14-52(43-59(57)84-2)77-75-50-10-4-12-55(41-50)90(81,82)71-23-22-69-53-46-67-30-38-87-34-26-63-19-7-20-64-27-35-88-39-31-68-47-53/h3-4,9-16,40-43,48,53,61-71H,5-8,17-39,44-47H2,1-2H3,(H2,72,73,78). The average molecular weight is 1300 g/mol. The number of carbonyl (C=O) groups is 1. The minimum atomic E-state index is -3.89. The molecule has 2 aliphatic rings. The van der Waals surface area contributed by atoms with E-state index < -0.39 is 26.1 Å². The van der Waals surface area contributed by atoms with E-state index in [0.29, 0.717) is 126 Å². The van der Waals surface area contributed by atoms with Gasteiger partial charge >= 0.3 is 6.03 Å². The summed E-state index contributed by atoms with van der Waals surface area (Å²) in [6.07, 6.45) is 3.54. The van der Waals surface area contributed by atoms with Gasteiger partial charge in [-0.1, -0.05) is 12.1 Å². The summed E-state index contributed by atoms with van der Waals surface area (Å²) in [6.45, 7) is 18.5. The molecule has 28 nitrogen and oxygen atoms in total. The average Bonchev–Trinajstić information content (AvgIpc) is 2.27. The lowest BCUT2D eigenvalue weighted by Gasteiger charge is -2.20. The van der Waals surface area contributed by atoms with Crippen LogP contribution in [-0.2, 0) is 39.0 Å². The minimum absolute atomic E-state index is 0.0239. The third-order valence-corrected chi connectivity index (χ3v) is 17.0. The monoisotopic (exact) mass is 1300 g/mol. The van der Waals surface area contributed by atoms with Gasteiger partial charge in [-0.3, -0.25) is 0 Å². The Labute approximate surface area is 531 Å². The zero-order valence-corrected chi connectivity index (χ0v) is 53.9. The third-order valence-electron chi connectivity index (χ3n) is 14.1. The molecular weight excluding hydrogens is 1200 g/mol. The second-order valence-electron chi connectivity index (χ2n) is 21.2. The lowest BCUT2D eigenvalue weighted by molar-refractivity contribution is 0.133. The molecule has 2 aliphatic heterocycles. The van der Waals surface area contributed by atoms with Crippen LogP contribution >= 0.6 is 0 Å². The zero-order chi connectivity index (χ0) is 63.6. The molecule has 0 radical (unpaired) electrons. The van der Waals surface area contributed by atoms with Crippen LogP contribution in [0.4, 0.5) is 38.9 Å². The number of nitrogens with zero attached hydrogens (tertiary/aromatic N) is 4. The molecule has 0 bridgehead atoms. The first-order valence-electron chi connectivity index (χ1n) is 31.2. The Morgan fingerprint density at radius 2 is 0.844 bits per heavy atom. The number of amides is 2. The van der Waals surface area contributed by atoms with Crippen molar-refractivity contribution in [2.75, 3.05) is 202 Å². The van der Waals surface area contributed by atoms with Crippen molar-refractivity contribution in [1.29, 1.82) is 0 Å². The number of urea groups is 1. The highest BCUT2D eigenvalue weighted by Crippen LogP contribution is 2.33. The molecule has 4 aromatic carbocycles. The molecule has 6 rings (SSSR count). The summed E-state index contributed by atoms with van der Waals surface area (Å²) in [5.41, 5.74) is 2.04. The van der Waals surface area contributed by atoms with Crippen molar-refractivity contribution in [2.24, 2.45) is 26.4 Å². The maximum Gasteiger partial charge on any atom is 0.323 e. The van der Waals surface area contributed by atoms with E-state index in [4.69, 9.17) is 28.4 Å². The van der Waals surface area contributed by atoms with Crippen LogP contribution in [0, 0.1) is 5.92 Å². The highest BCUT2D eigenvalue weighted by molar-refractivity contribution is 7.89. The van der Waals surface area contributed by atoms with Gasteiger partial charge in [0.25, 0.3) is 0 Å². The predicted octanol–water partition coefficient (Wildman–Crippen LogP) is 3.68. The Kier molecular flexibility index (Phi) is 35.8. The molecule has 90 heavy (non-hydrogen) atoms. The van der Waals surface area contributed by atoms with Gasteiger partial charge in [-0.15, -0.1) is 0 Å². The Balaban J connectivity index is 0.940. The molecule has 13 N–H and O–H groups in total. The van der Waals surface area contributed by atoms with Gasteiger partial charge in [0.2, 0.25) is 20.0 Å². The highest BCUT2D eigenvalue weighted by atomic mass is 32.2. The van der Waals surface area contributed by atoms with Gasteiger partial charge in [0, 0.05) is 103 Å². The number of ether oxygens (including phenoxy) is 6. The van der Waals surface area contributed by atoms with Crippen molar-refractivity contribution in [2.45, 2.75) is 41.5 Å². The van der Waals surface area contributed by atoms with E-state index in [0.717, 1.165) is 97.8 Å². The molecule has 2 heterocycles. The van der Waals surface area contributed by atoms with Crippen LogP contribution in [0.2, 0.25) is 0 Å². The first-order chi connectivity index (χ1) is 44.0. The summed E-state index contributed by atoms with van der Waals surface area (Å²) in [6, 6.07) is 21.4. The van der Waals surface area contributed by atoms with E-state index in [2.05, 4.69) is 88.4 Å². The van der Waals surface area contributed by atoms with Gasteiger partial charge in [0.15, 0.2) is 0 Å². The van der Waals surface area contributed by atoms with Gasteiger partial charge in [-0.2, -0.15) is 20.5 Å². The zero-order valence-electron chi connectivity index (χ0n) is 52.3. The lowest BCUT2D eigenvalue weighted by atomic mass is 10.0. The van der Waals surface area contributed by atoms with E-state index in [1.165, 1.54) is 38.5 Å². The lowest BCUT2D eigenvalue weighted by Crippen LogP contribution is -2.48. The minimum Gasteiger partial charge on any atom is -0.494 e. The molecule has 0 spiro atoms. The molecule has 4 aromatic rings. The Hall–Kier alpha value is -5.75. The van der Waals surface area contributed by atoms with Crippen LogP contribution in [0.25, 0.3) is 0 Å². The molecule has 0 unspecified atom stereocenters. The van der Waals surface area contributed by atoms with E-state index in [-0.39, 0.29) is 46.3 Å². The van der Waals surface area contributed by atoms with Crippen LogP contribution in [0.3, 0.4) is 0 Å². The van der Waals surface area contributed by atoms with Gasteiger partial charge in [-0.05, 0) is 132 Å². The van der Waals surface area contributed by atoms with Crippen molar-refractivity contribution < 1.29 is 50.1 Å². The number of hydrogen-bond acceptors (Lipinski definition) is 24. The van der Waals surface area contributed by atoms with E-state index >= 15 is 0 Å². The third kappa shape index (κ3) is 30.1. The van der Waals surface area contributed by atoms with Crippen LogP contribution in [-0.4, -0.2) is 220 Å². The number of azo groups is 2. The molecule has 0 saturated carbocycles. The summed E-state index contributed by atoms with van der Waals surface area (Å²) in [4.78, 5) is 13.4. The fourth-order valence-corrected chi connectivity index (χ4v) is 11.4. The number of carbonyl (C=O) groups excluding carboxylic acids is 1. The largest absolute Gasteiger partial charge is 0.494 e. The second-order valence-corrected chi connectivity index (χ2v) is 24.7. The normalized spacial score (nSPS) is 18.2. The summed E-state index contributed by atoms with van der Waals surface area (Å²) in [7, 11) is -4.85. The topological polar surface area (TPSA) is 347 Å². The molecule has 30 heteroatoms. The van der Waals surface area contributed by atoms with Crippen molar-refractivity contribution in [3.63, 3.8) is 0 Å². The Morgan fingerprint density at radius 3 is 1.26 bits per heavy atom. The number of sulfonamides is 2. The van der Waals surface area contributed by atoms with Gasteiger partial charge in [0.1, 0.15) is 11.5 Å². The van der Waals surface area contributed by atoms with E-state index in [1.54, 1.807) is 60.7 Å². The number of nitrogens with one attached hydrogen (secondary N) is 13. The van der Waals surface area contributed by atoms with Crippen molar-refractivity contribution >= 4 is 60.2 Å². The first-order valence-corrected chi connectivity index (χ1v) is 34.1. The summed E-state index contributed by atoms with van der Waals surface area (Å²) in [5.74, 6) is 0.841. The Morgan fingerprint density at radius 1 is 0.467 bits per heavy atom. The molecule has 0 aromatic heterocycles.